The molecule has 0 fully saturated rings. The Labute approximate surface area is 137 Å². The Balaban J connectivity index is 1.83. The first-order valence-corrected chi connectivity index (χ1v) is 7.92. The van der Waals surface area contributed by atoms with Gasteiger partial charge in [-0.05, 0) is 29.7 Å². The van der Waals surface area contributed by atoms with Crippen LogP contribution in [0.3, 0.4) is 0 Å². The SMILES string of the molecule is CC(C)(CNC(=O)CCc1ccccc1)c1ccc(Cl)cc1. The van der Waals surface area contributed by atoms with E-state index in [0.717, 1.165) is 11.4 Å². The van der Waals surface area contributed by atoms with Gasteiger partial charge in [-0.15, -0.1) is 0 Å². The molecule has 1 amide bonds. The highest BCUT2D eigenvalue weighted by atomic mass is 35.5. The fourth-order valence-corrected chi connectivity index (χ4v) is 2.44. The maximum absolute atomic E-state index is 12.0. The molecule has 0 heterocycles. The molecule has 0 aliphatic carbocycles. The zero-order chi connectivity index (χ0) is 16.0. The quantitative estimate of drug-likeness (QED) is 0.842. The molecule has 116 valence electrons. The van der Waals surface area contributed by atoms with E-state index in [4.69, 9.17) is 11.6 Å². The molecule has 1 N–H and O–H groups in total. The minimum atomic E-state index is -0.118. The Kier molecular flexibility index (Phi) is 5.62. The number of halogens is 1. The van der Waals surface area contributed by atoms with Gasteiger partial charge >= 0.3 is 0 Å². The summed E-state index contributed by atoms with van der Waals surface area (Å²) in [6.45, 7) is 4.85. The Morgan fingerprint density at radius 1 is 1.05 bits per heavy atom. The van der Waals surface area contributed by atoms with Crippen molar-refractivity contribution < 1.29 is 4.79 Å². The highest BCUT2D eigenvalue weighted by molar-refractivity contribution is 6.30. The van der Waals surface area contributed by atoms with Crippen LogP contribution in [0, 0.1) is 0 Å². The summed E-state index contributed by atoms with van der Waals surface area (Å²) in [5.41, 5.74) is 2.24. The molecule has 0 aliphatic heterocycles. The van der Waals surface area contributed by atoms with Crippen LogP contribution in [-0.2, 0) is 16.6 Å². The number of rotatable bonds is 6. The summed E-state index contributed by atoms with van der Waals surface area (Å²) in [4.78, 5) is 12.0. The Hall–Kier alpha value is -1.80. The van der Waals surface area contributed by atoms with E-state index in [-0.39, 0.29) is 11.3 Å². The largest absolute Gasteiger partial charge is 0.355 e. The summed E-state index contributed by atoms with van der Waals surface area (Å²) in [7, 11) is 0. The molecule has 0 unspecified atom stereocenters. The van der Waals surface area contributed by atoms with Crippen LogP contribution in [0.4, 0.5) is 0 Å². The second kappa shape index (κ2) is 7.46. The Morgan fingerprint density at radius 2 is 1.68 bits per heavy atom. The van der Waals surface area contributed by atoms with Gasteiger partial charge in [0.2, 0.25) is 5.91 Å². The minimum Gasteiger partial charge on any atom is -0.355 e. The third-order valence-corrected chi connectivity index (χ3v) is 4.09. The van der Waals surface area contributed by atoms with Crippen molar-refractivity contribution in [2.75, 3.05) is 6.54 Å². The van der Waals surface area contributed by atoms with Crippen LogP contribution >= 0.6 is 11.6 Å². The maximum atomic E-state index is 12.0. The molecule has 2 nitrogen and oxygen atoms in total. The standard InChI is InChI=1S/C19H22ClNO/c1-19(2,16-9-11-17(20)12-10-16)14-21-18(22)13-8-15-6-4-3-5-7-15/h3-7,9-12H,8,13-14H2,1-2H3,(H,21,22). The van der Waals surface area contributed by atoms with Crippen LogP contribution in [0.15, 0.2) is 54.6 Å². The zero-order valence-electron chi connectivity index (χ0n) is 13.1. The minimum absolute atomic E-state index is 0.0888. The molecule has 0 aromatic heterocycles. The average molecular weight is 316 g/mol. The van der Waals surface area contributed by atoms with Gasteiger partial charge in [-0.3, -0.25) is 4.79 Å². The van der Waals surface area contributed by atoms with Crippen molar-refractivity contribution in [3.8, 4) is 0 Å². The van der Waals surface area contributed by atoms with Gasteiger partial charge in [0.15, 0.2) is 0 Å². The predicted molar refractivity (Wildman–Crippen MR) is 92.3 cm³/mol. The van der Waals surface area contributed by atoms with Crippen LogP contribution in [0.2, 0.25) is 5.02 Å². The molecule has 0 bridgehead atoms. The molecule has 0 atom stereocenters. The number of hydrogen-bond acceptors (Lipinski definition) is 1. The second-order valence-corrected chi connectivity index (χ2v) is 6.59. The first-order valence-electron chi connectivity index (χ1n) is 7.54. The predicted octanol–water partition coefficient (Wildman–Crippen LogP) is 4.37. The molecular weight excluding hydrogens is 294 g/mol. The first kappa shape index (κ1) is 16.6. The Bertz CT molecular complexity index is 605. The molecule has 0 saturated carbocycles. The third-order valence-electron chi connectivity index (χ3n) is 3.84. The highest BCUT2D eigenvalue weighted by Gasteiger charge is 2.21. The van der Waals surface area contributed by atoms with Crippen LogP contribution in [-0.4, -0.2) is 12.5 Å². The van der Waals surface area contributed by atoms with Crippen molar-refractivity contribution in [3.05, 3.63) is 70.7 Å². The van der Waals surface area contributed by atoms with E-state index in [9.17, 15) is 4.79 Å². The number of hydrogen-bond donors (Lipinski definition) is 1. The smallest absolute Gasteiger partial charge is 0.220 e. The van der Waals surface area contributed by atoms with Gasteiger partial charge in [0.05, 0.1) is 0 Å². The molecule has 2 aromatic carbocycles. The van der Waals surface area contributed by atoms with E-state index < -0.39 is 0 Å². The van der Waals surface area contributed by atoms with Crippen LogP contribution in [0.5, 0.6) is 0 Å². The fourth-order valence-electron chi connectivity index (χ4n) is 2.31. The van der Waals surface area contributed by atoms with E-state index in [2.05, 4.69) is 19.2 Å². The molecule has 0 saturated heterocycles. The molecule has 0 spiro atoms. The summed E-state index contributed by atoms with van der Waals surface area (Å²) in [6, 6.07) is 17.9. The van der Waals surface area contributed by atoms with E-state index in [1.54, 1.807) is 0 Å². The van der Waals surface area contributed by atoms with Crippen LogP contribution in [0.25, 0.3) is 0 Å². The fraction of sp³-hybridized carbons (Fsp3) is 0.316. The van der Waals surface area contributed by atoms with Crippen molar-refractivity contribution in [1.82, 2.24) is 5.32 Å². The van der Waals surface area contributed by atoms with Crippen molar-refractivity contribution >= 4 is 17.5 Å². The lowest BCUT2D eigenvalue weighted by molar-refractivity contribution is -0.121. The molecule has 0 aliphatic rings. The van der Waals surface area contributed by atoms with Gasteiger partial charge in [-0.25, -0.2) is 0 Å². The van der Waals surface area contributed by atoms with Gasteiger partial charge < -0.3 is 5.32 Å². The molecule has 2 aromatic rings. The molecule has 0 radical (unpaired) electrons. The number of carbonyl (C=O) groups excluding carboxylic acids is 1. The van der Waals surface area contributed by atoms with E-state index in [1.165, 1.54) is 11.1 Å². The number of benzene rings is 2. The monoisotopic (exact) mass is 315 g/mol. The number of amides is 1. The van der Waals surface area contributed by atoms with Gasteiger partial charge in [0.1, 0.15) is 0 Å². The number of nitrogens with one attached hydrogen (secondary N) is 1. The summed E-state index contributed by atoms with van der Waals surface area (Å²) in [5, 5.41) is 3.76. The van der Waals surface area contributed by atoms with Crippen molar-refractivity contribution in [3.63, 3.8) is 0 Å². The second-order valence-electron chi connectivity index (χ2n) is 6.15. The molecule has 22 heavy (non-hydrogen) atoms. The summed E-state index contributed by atoms with van der Waals surface area (Å²) in [6.07, 6.45) is 1.29. The average Bonchev–Trinajstić information content (AvgIpc) is 2.52. The van der Waals surface area contributed by atoms with Gasteiger partial charge in [0.25, 0.3) is 0 Å². The van der Waals surface area contributed by atoms with E-state index in [1.807, 2.05) is 54.6 Å². The molecule has 3 heteroatoms. The van der Waals surface area contributed by atoms with Crippen molar-refractivity contribution in [2.24, 2.45) is 0 Å². The number of carbonyl (C=O) groups is 1. The highest BCUT2D eigenvalue weighted by Crippen LogP contribution is 2.23. The lowest BCUT2D eigenvalue weighted by atomic mass is 9.84. The third kappa shape index (κ3) is 4.88. The Morgan fingerprint density at radius 3 is 2.32 bits per heavy atom. The molecule has 2 rings (SSSR count). The van der Waals surface area contributed by atoms with E-state index in [0.29, 0.717) is 13.0 Å². The van der Waals surface area contributed by atoms with Crippen molar-refractivity contribution in [2.45, 2.75) is 32.1 Å². The van der Waals surface area contributed by atoms with Crippen LogP contribution in [0.1, 0.15) is 31.4 Å². The summed E-state index contributed by atoms with van der Waals surface area (Å²) in [5.74, 6) is 0.0888. The van der Waals surface area contributed by atoms with E-state index >= 15 is 0 Å². The zero-order valence-corrected chi connectivity index (χ0v) is 13.9. The number of aryl methyl sites for hydroxylation is 1. The lowest BCUT2D eigenvalue weighted by Crippen LogP contribution is -2.36. The first-order chi connectivity index (χ1) is 10.5. The van der Waals surface area contributed by atoms with Crippen molar-refractivity contribution in [1.29, 1.82) is 0 Å². The van der Waals surface area contributed by atoms with Gasteiger partial charge in [-0.2, -0.15) is 0 Å². The van der Waals surface area contributed by atoms with Gasteiger partial charge in [-0.1, -0.05) is 67.9 Å². The van der Waals surface area contributed by atoms with Crippen LogP contribution < -0.4 is 5.32 Å². The molecular formula is C19H22ClNO. The maximum Gasteiger partial charge on any atom is 0.220 e. The summed E-state index contributed by atoms with van der Waals surface area (Å²) < 4.78 is 0. The summed E-state index contributed by atoms with van der Waals surface area (Å²) >= 11 is 5.92. The lowest BCUT2D eigenvalue weighted by Gasteiger charge is -2.25. The van der Waals surface area contributed by atoms with Gasteiger partial charge in [0, 0.05) is 23.4 Å². The topological polar surface area (TPSA) is 29.1 Å². The normalized spacial score (nSPS) is 11.2.